The minimum Gasteiger partial charge on any atom is -0.315 e. The lowest BCUT2D eigenvalue weighted by Gasteiger charge is -2.19. The molecule has 18 heavy (non-hydrogen) atoms. The van der Waals surface area contributed by atoms with Crippen molar-refractivity contribution in [2.75, 3.05) is 26.2 Å². The molecule has 1 heterocycles. The summed E-state index contributed by atoms with van der Waals surface area (Å²) in [6.07, 6.45) is 1.27. The third kappa shape index (κ3) is 4.60. The Kier molecular flexibility index (Phi) is 6.69. The van der Waals surface area contributed by atoms with Crippen LogP contribution < -0.4 is 5.32 Å². The molecule has 0 radical (unpaired) electrons. The molecule has 3 heteroatoms. The Balaban J connectivity index is 0.00000162. The quantitative estimate of drug-likeness (QED) is 0.907. The summed E-state index contributed by atoms with van der Waals surface area (Å²) in [5, 5.41) is 3.45. The highest BCUT2D eigenvalue weighted by molar-refractivity contribution is 5.85. The van der Waals surface area contributed by atoms with Crippen LogP contribution in [0.1, 0.15) is 37.3 Å². The number of nitrogens with one attached hydrogen (secondary N) is 1. The van der Waals surface area contributed by atoms with Crippen molar-refractivity contribution < 1.29 is 0 Å². The van der Waals surface area contributed by atoms with E-state index in [1.54, 1.807) is 0 Å². The Hall–Kier alpha value is -0.570. The van der Waals surface area contributed by atoms with Crippen molar-refractivity contribution in [1.29, 1.82) is 0 Å². The average molecular weight is 269 g/mol. The van der Waals surface area contributed by atoms with Crippen molar-refractivity contribution in [3.63, 3.8) is 0 Å². The molecule has 0 amide bonds. The van der Waals surface area contributed by atoms with E-state index in [0.717, 1.165) is 13.1 Å². The normalized spacial score (nSPS) is 17.3. The number of hydrogen-bond acceptors (Lipinski definition) is 2. The molecule has 0 spiro atoms. The Bertz CT molecular complexity index is 327. The van der Waals surface area contributed by atoms with E-state index in [9.17, 15) is 0 Å². The molecule has 102 valence electrons. The molecule has 1 fully saturated rings. The lowest BCUT2D eigenvalue weighted by molar-refractivity contribution is 0.284. The topological polar surface area (TPSA) is 15.3 Å². The first-order chi connectivity index (χ1) is 8.25. The molecule has 1 saturated heterocycles. The third-order valence-electron chi connectivity index (χ3n) is 3.49. The van der Waals surface area contributed by atoms with Crippen molar-refractivity contribution in [3.8, 4) is 0 Å². The summed E-state index contributed by atoms with van der Waals surface area (Å²) in [6, 6.07) is 9.12. The van der Waals surface area contributed by atoms with E-state index in [-0.39, 0.29) is 12.4 Å². The van der Waals surface area contributed by atoms with Crippen LogP contribution >= 0.6 is 12.4 Å². The Morgan fingerprint density at radius 1 is 1.11 bits per heavy atom. The number of halogens is 1. The van der Waals surface area contributed by atoms with Gasteiger partial charge in [-0.3, -0.25) is 4.90 Å². The molecule has 0 unspecified atom stereocenters. The molecule has 0 aromatic heterocycles. The number of nitrogens with zero attached hydrogens (tertiary/aromatic N) is 1. The number of hydrogen-bond donors (Lipinski definition) is 1. The summed E-state index contributed by atoms with van der Waals surface area (Å²) in [6.45, 7) is 10.3. The van der Waals surface area contributed by atoms with E-state index < -0.39 is 0 Å². The highest BCUT2D eigenvalue weighted by Gasteiger charge is 2.08. The minimum atomic E-state index is 0. The molecule has 1 aliphatic rings. The molecular formula is C15H25ClN2. The van der Waals surface area contributed by atoms with Crippen LogP contribution in [0.15, 0.2) is 24.3 Å². The van der Waals surface area contributed by atoms with E-state index in [4.69, 9.17) is 0 Å². The zero-order chi connectivity index (χ0) is 12.1. The van der Waals surface area contributed by atoms with E-state index in [0.29, 0.717) is 5.92 Å². The fraction of sp³-hybridized carbons (Fsp3) is 0.600. The van der Waals surface area contributed by atoms with Gasteiger partial charge in [-0.2, -0.15) is 0 Å². The van der Waals surface area contributed by atoms with Crippen LogP contribution in [0, 0.1) is 0 Å². The molecule has 0 atom stereocenters. The summed E-state index contributed by atoms with van der Waals surface area (Å²) in [4.78, 5) is 2.55. The van der Waals surface area contributed by atoms with Gasteiger partial charge in [0.2, 0.25) is 0 Å². The van der Waals surface area contributed by atoms with E-state index >= 15 is 0 Å². The van der Waals surface area contributed by atoms with Crippen LogP contribution in [0.5, 0.6) is 0 Å². The summed E-state index contributed by atoms with van der Waals surface area (Å²) >= 11 is 0. The van der Waals surface area contributed by atoms with E-state index in [1.807, 2.05) is 0 Å². The summed E-state index contributed by atoms with van der Waals surface area (Å²) < 4.78 is 0. The van der Waals surface area contributed by atoms with Crippen molar-refractivity contribution in [3.05, 3.63) is 35.4 Å². The highest BCUT2D eigenvalue weighted by Crippen LogP contribution is 2.15. The summed E-state index contributed by atoms with van der Waals surface area (Å²) in [5.74, 6) is 0.631. The van der Waals surface area contributed by atoms with Gasteiger partial charge >= 0.3 is 0 Å². The molecule has 1 aromatic rings. The fourth-order valence-electron chi connectivity index (χ4n) is 2.33. The van der Waals surface area contributed by atoms with Crippen LogP contribution in [0.2, 0.25) is 0 Å². The van der Waals surface area contributed by atoms with Gasteiger partial charge in [-0.25, -0.2) is 0 Å². The largest absolute Gasteiger partial charge is 0.315 e. The monoisotopic (exact) mass is 268 g/mol. The Morgan fingerprint density at radius 3 is 2.50 bits per heavy atom. The lowest BCUT2D eigenvalue weighted by Crippen LogP contribution is -2.27. The van der Waals surface area contributed by atoms with Crippen LogP contribution in [0.25, 0.3) is 0 Å². The molecule has 2 nitrogen and oxygen atoms in total. The molecule has 0 bridgehead atoms. The first-order valence-electron chi connectivity index (χ1n) is 6.77. The van der Waals surface area contributed by atoms with Crippen LogP contribution in [0.4, 0.5) is 0 Å². The van der Waals surface area contributed by atoms with Gasteiger partial charge in [0.05, 0.1) is 0 Å². The predicted molar refractivity (Wildman–Crippen MR) is 80.5 cm³/mol. The van der Waals surface area contributed by atoms with Crippen molar-refractivity contribution in [2.24, 2.45) is 0 Å². The molecule has 1 aromatic carbocycles. The second-order valence-corrected chi connectivity index (χ2v) is 5.28. The van der Waals surface area contributed by atoms with Crippen molar-refractivity contribution in [1.82, 2.24) is 10.2 Å². The van der Waals surface area contributed by atoms with Gasteiger partial charge in [0.15, 0.2) is 0 Å². The second kappa shape index (κ2) is 7.78. The standard InChI is InChI=1S/C15H24N2.ClH/c1-13(2)15-6-4-14(5-7-15)12-17-10-3-8-16-9-11-17;/h4-7,13,16H,3,8-12H2,1-2H3;1H. The van der Waals surface area contributed by atoms with Crippen molar-refractivity contribution >= 4 is 12.4 Å². The first kappa shape index (κ1) is 15.5. The molecular weight excluding hydrogens is 244 g/mol. The predicted octanol–water partition coefficient (Wildman–Crippen LogP) is 3.03. The SMILES string of the molecule is CC(C)c1ccc(CN2CCCNCC2)cc1.Cl. The van der Waals surface area contributed by atoms with Crippen molar-refractivity contribution in [2.45, 2.75) is 32.7 Å². The number of rotatable bonds is 3. The molecule has 0 saturated carbocycles. The lowest BCUT2D eigenvalue weighted by atomic mass is 10.0. The summed E-state index contributed by atoms with van der Waals surface area (Å²) in [5.41, 5.74) is 2.88. The highest BCUT2D eigenvalue weighted by atomic mass is 35.5. The smallest absolute Gasteiger partial charge is 0.0234 e. The Morgan fingerprint density at radius 2 is 1.83 bits per heavy atom. The molecule has 2 rings (SSSR count). The van der Waals surface area contributed by atoms with Crippen LogP contribution in [-0.4, -0.2) is 31.1 Å². The molecule has 0 aliphatic carbocycles. The van der Waals surface area contributed by atoms with E-state index in [1.165, 1.54) is 37.2 Å². The first-order valence-corrected chi connectivity index (χ1v) is 6.77. The van der Waals surface area contributed by atoms with E-state index in [2.05, 4.69) is 48.3 Å². The van der Waals surface area contributed by atoms with Gasteiger partial charge in [0.25, 0.3) is 0 Å². The minimum absolute atomic E-state index is 0. The van der Waals surface area contributed by atoms with Gasteiger partial charge in [-0.05, 0) is 36.6 Å². The fourth-order valence-corrected chi connectivity index (χ4v) is 2.33. The van der Waals surface area contributed by atoms with Gasteiger partial charge in [-0.1, -0.05) is 38.1 Å². The second-order valence-electron chi connectivity index (χ2n) is 5.28. The maximum atomic E-state index is 3.45. The van der Waals surface area contributed by atoms with Crippen LogP contribution in [0.3, 0.4) is 0 Å². The zero-order valence-corrected chi connectivity index (χ0v) is 12.3. The molecule has 1 aliphatic heterocycles. The van der Waals surface area contributed by atoms with Gasteiger partial charge < -0.3 is 5.32 Å². The van der Waals surface area contributed by atoms with Crippen LogP contribution in [-0.2, 0) is 6.54 Å². The summed E-state index contributed by atoms with van der Waals surface area (Å²) in [7, 11) is 0. The molecule has 1 N–H and O–H groups in total. The Labute approximate surface area is 117 Å². The van der Waals surface area contributed by atoms with Gasteiger partial charge in [-0.15, -0.1) is 12.4 Å². The van der Waals surface area contributed by atoms with Gasteiger partial charge in [0, 0.05) is 19.6 Å². The maximum absolute atomic E-state index is 3.45. The average Bonchev–Trinajstić information content (AvgIpc) is 2.58. The third-order valence-corrected chi connectivity index (χ3v) is 3.49. The van der Waals surface area contributed by atoms with Gasteiger partial charge in [0.1, 0.15) is 0 Å². The number of benzene rings is 1. The zero-order valence-electron chi connectivity index (χ0n) is 11.5. The maximum Gasteiger partial charge on any atom is 0.0234 e.